The summed E-state index contributed by atoms with van der Waals surface area (Å²) in [5.74, 6) is 1.57. The lowest BCUT2D eigenvalue weighted by Gasteiger charge is -2.14. The van der Waals surface area contributed by atoms with E-state index >= 15 is 0 Å². The van der Waals surface area contributed by atoms with E-state index in [1.165, 1.54) is 0 Å². The highest BCUT2D eigenvalue weighted by Gasteiger charge is 2.06. The van der Waals surface area contributed by atoms with E-state index in [4.69, 9.17) is 4.74 Å². The lowest BCUT2D eigenvalue weighted by Crippen LogP contribution is -2.32. The molecule has 4 heteroatoms. The van der Waals surface area contributed by atoms with Gasteiger partial charge in [-0.15, -0.1) is 0 Å². The summed E-state index contributed by atoms with van der Waals surface area (Å²) in [4.78, 5) is 0. The Balaban J connectivity index is 1.94. The number of aliphatic hydroxyl groups excluding tert-OH is 1. The summed E-state index contributed by atoms with van der Waals surface area (Å²) in [6.07, 6.45) is -0.515. The SMILES string of the molecule is OC(CNCCS)COc1cccc2ccccc12. The van der Waals surface area contributed by atoms with Gasteiger partial charge in [-0.25, -0.2) is 0 Å². The van der Waals surface area contributed by atoms with Crippen molar-refractivity contribution in [2.24, 2.45) is 0 Å². The normalized spacial score (nSPS) is 12.5. The molecule has 0 saturated heterocycles. The first-order valence-corrected chi connectivity index (χ1v) is 7.04. The van der Waals surface area contributed by atoms with Gasteiger partial charge in [-0.2, -0.15) is 12.6 Å². The Morgan fingerprint density at radius 2 is 1.95 bits per heavy atom. The third kappa shape index (κ3) is 4.13. The first-order chi connectivity index (χ1) is 9.31. The molecular formula is C15H19NO2S. The third-order valence-electron chi connectivity index (χ3n) is 2.85. The maximum absolute atomic E-state index is 9.80. The van der Waals surface area contributed by atoms with Crippen LogP contribution in [0, 0.1) is 0 Å². The number of aliphatic hydroxyl groups is 1. The van der Waals surface area contributed by atoms with Crippen molar-refractivity contribution in [1.29, 1.82) is 0 Å². The molecule has 0 aromatic heterocycles. The van der Waals surface area contributed by atoms with Crippen molar-refractivity contribution in [3.05, 3.63) is 42.5 Å². The van der Waals surface area contributed by atoms with Crippen LogP contribution in [0.25, 0.3) is 10.8 Å². The predicted molar refractivity (Wildman–Crippen MR) is 82.2 cm³/mol. The van der Waals surface area contributed by atoms with Crippen LogP contribution in [0.4, 0.5) is 0 Å². The van der Waals surface area contributed by atoms with Crippen LogP contribution in [-0.2, 0) is 0 Å². The van der Waals surface area contributed by atoms with E-state index < -0.39 is 6.10 Å². The number of thiol groups is 1. The van der Waals surface area contributed by atoms with E-state index in [-0.39, 0.29) is 6.61 Å². The van der Waals surface area contributed by atoms with Crippen molar-refractivity contribution >= 4 is 23.4 Å². The zero-order valence-corrected chi connectivity index (χ0v) is 11.6. The minimum absolute atomic E-state index is 0.285. The number of fused-ring (bicyclic) bond motifs is 1. The number of hydrogen-bond donors (Lipinski definition) is 3. The van der Waals surface area contributed by atoms with Crippen molar-refractivity contribution in [2.75, 3.05) is 25.4 Å². The van der Waals surface area contributed by atoms with E-state index in [0.29, 0.717) is 6.54 Å². The lowest BCUT2D eigenvalue weighted by molar-refractivity contribution is 0.108. The van der Waals surface area contributed by atoms with Crippen molar-refractivity contribution in [2.45, 2.75) is 6.10 Å². The molecule has 2 aromatic rings. The molecule has 2 N–H and O–H groups in total. The maximum Gasteiger partial charge on any atom is 0.127 e. The molecule has 0 amide bonds. The molecule has 0 fully saturated rings. The summed E-state index contributed by atoms with van der Waals surface area (Å²) in [6, 6.07) is 14.0. The van der Waals surface area contributed by atoms with Crippen LogP contribution in [0.3, 0.4) is 0 Å². The molecule has 102 valence electrons. The highest BCUT2D eigenvalue weighted by atomic mass is 32.1. The number of nitrogens with one attached hydrogen (secondary N) is 1. The summed E-state index contributed by atoms with van der Waals surface area (Å²) in [7, 11) is 0. The van der Waals surface area contributed by atoms with Gasteiger partial charge in [0.1, 0.15) is 18.5 Å². The van der Waals surface area contributed by atoms with Gasteiger partial charge < -0.3 is 15.2 Å². The van der Waals surface area contributed by atoms with E-state index in [1.807, 2.05) is 42.5 Å². The monoisotopic (exact) mass is 277 g/mol. The molecular weight excluding hydrogens is 258 g/mol. The Morgan fingerprint density at radius 1 is 1.16 bits per heavy atom. The fourth-order valence-corrected chi connectivity index (χ4v) is 2.07. The van der Waals surface area contributed by atoms with Gasteiger partial charge in [0.25, 0.3) is 0 Å². The zero-order chi connectivity index (χ0) is 13.5. The minimum Gasteiger partial charge on any atom is -0.490 e. The van der Waals surface area contributed by atoms with Gasteiger partial charge in [0.05, 0.1) is 0 Å². The Morgan fingerprint density at radius 3 is 2.79 bits per heavy atom. The van der Waals surface area contributed by atoms with Gasteiger partial charge in [-0.1, -0.05) is 36.4 Å². The van der Waals surface area contributed by atoms with Crippen LogP contribution >= 0.6 is 12.6 Å². The van der Waals surface area contributed by atoms with E-state index in [0.717, 1.165) is 28.8 Å². The number of ether oxygens (including phenoxy) is 1. The Hall–Kier alpha value is -1.23. The standard InChI is InChI=1S/C15H19NO2S/c17-13(10-16-8-9-19)11-18-15-7-3-5-12-4-1-2-6-14(12)15/h1-7,13,16-17,19H,8-11H2. The van der Waals surface area contributed by atoms with Crippen LogP contribution in [0.2, 0.25) is 0 Å². The molecule has 1 atom stereocenters. The van der Waals surface area contributed by atoms with Gasteiger partial charge in [0.2, 0.25) is 0 Å². The quantitative estimate of drug-likeness (QED) is 0.536. The van der Waals surface area contributed by atoms with Crippen LogP contribution in [0.5, 0.6) is 5.75 Å². The fraction of sp³-hybridized carbons (Fsp3) is 0.333. The van der Waals surface area contributed by atoms with E-state index in [2.05, 4.69) is 17.9 Å². The summed E-state index contributed by atoms with van der Waals surface area (Å²) < 4.78 is 5.70. The largest absolute Gasteiger partial charge is 0.490 e. The highest BCUT2D eigenvalue weighted by molar-refractivity contribution is 7.80. The first-order valence-electron chi connectivity index (χ1n) is 6.41. The molecule has 0 heterocycles. The molecule has 0 bridgehead atoms. The Kier molecular flexibility index (Phi) is 5.51. The highest BCUT2D eigenvalue weighted by Crippen LogP contribution is 2.25. The fourth-order valence-electron chi connectivity index (χ4n) is 1.91. The van der Waals surface area contributed by atoms with Crippen LogP contribution in [0.15, 0.2) is 42.5 Å². The predicted octanol–water partition coefficient (Wildman–Crippen LogP) is 2.10. The number of rotatable bonds is 7. The van der Waals surface area contributed by atoms with Gasteiger partial charge >= 0.3 is 0 Å². The van der Waals surface area contributed by atoms with Crippen molar-refractivity contribution in [1.82, 2.24) is 5.32 Å². The number of hydrogen-bond acceptors (Lipinski definition) is 4. The van der Waals surface area contributed by atoms with Gasteiger partial charge in [-0.3, -0.25) is 0 Å². The topological polar surface area (TPSA) is 41.5 Å². The second-order valence-corrected chi connectivity index (χ2v) is 4.82. The summed E-state index contributed by atoms with van der Waals surface area (Å²) >= 11 is 4.10. The molecule has 0 aliphatic heterocycles. The van der Waals surface area contributed by atoms with Crippen LogP contribution in [0.1, 0.15) is 0 Å². The van der Waals surface area contributed by atoms with Crippen molar-refractivity contribution in [3.63, 3.8) is 0 Å². The Labute approximate surface area is 119 Å². The molecule has 3 nitrogen and oxygen atoms in total. The smallest absolute Gasteiger partial charge is 0.127 e. The molecule has 0 saturated carbocycles. The molecule has 2 aromatic carbocycles. The van der Waals surface area contributed by atoms with Crippen molar-refractivity contribution < 1.29 is 9.84 Å². The second-order valence-electron chi connectivity index (χ2n) is 4.37. The average molecular weight is 277 g/mol. The molecule has 19 heavy (non-hydrogen) atoms. The molecule has 0 aliphatic carbocycles. The lowest BCUT2D eigenvalue weighted by atomic mass is 10.1. The second kappa shape index (κ2) is 7.38. The summed E-state index contributed by atoms with van der Waals surface area (Å²) in [5, 5.41) is 15.1. The molecule has 2 rings (SSSR count). The summed E-state index contributed by atoms with van der Waals surface area (Å²) in [5.41, 5.74) is 0. The van der Waals surface area contributed by atoms with Crippen LogP contribution in [-0.4, -0.2) is 36.7 Å². The van der Waals surface area contributed by atoms with E-state index in [1.54, 1.807) is 0 Å². The minimum atomic E-state index is -0.515. The van der Waals surface area contributed by atoms with E-state index in [9.17, 15) is 5.11 Å². The third-order valence-corrected chi connectivity index (χ3v) is 3.07. The van der Waals surface area contributed by atoms with Gasteiger partial charge in [0.15, 0.2) is 0 Å². The molecule has 0 aliphatic rings. The van der Waals surface area contributed by atoms with Gasteiger partial charge in [-0.05, 0) is 11.5 Å². The summed E-state index contributed by atoms with van der Waals surface area (Å²) in [6.45, 7) is 1.59. The molecule has 1 unspecified atom stereocenters. The molecule has 0 spiro atoms. The average Bonchev–Trinajstić information content (AvgIpc) is 2.45. The zero-order valence-electron chi connectivity index (χ0n) is 10.7. The Bertz CT molecular complexity index is 513. The number of benzene rings is 2. The van der Waals surface area contributed by atoms with Gasteiger partial charge in [0, 0.05) is 24.2 Å². The van der Waals surface area contributed by atoms with Crippen molar-refractivity contribution in [3.8, 4) is 5.75 Å². The maximum atomic E-state index is 9.80. The first kappa shape index (κ1) is 14.2. The van der Waals surface area contributed by atoms with Crippen LogP contribution < -0.4 is 10.1 Å². The molecule has 0 radical (unpaired) electrons.